The van der Waals surface area contributed by atoms with E-state index in [0.717, 1.165) is 0 Å². The lowest BCUT2D eigenvalue weighted by molar-refractivity contribution is 0.201. The number of aliphatic hydroxyl groups is 1. The molecule has 1 unspecified atom stereocenters. The predicted octanol–water partition coefficient (Wildman–Crippen LogP) is -0.267. The number of rotatable bonds is 4. The minimum Gasteiger partial charge on any atom is -0.397 e. The van der Waals surface area contributed by atoms with Crippen LogP contribution in [0.1, 0.15) is 6.92 Å². The first-order valence-corrected chi connectivity index (χ1v) is 6.58. The molecule has 7 heteroatoms. The molecule has 0 aliphatic heterocycles. The van der Waals surface area contributed by atoms with Gasteiger partial charge >= 0.3 is 0 Å². The minimum absolute atomic E-state index is 0.000794. The third kappa shape index (κ3) is 3.58. The van der Waals surface area contributed by atoms with Crippen molar-refractivity contribution in [2.24, 2.45) is 5.14 Å². The molecule has 0 fully saturated rings. The highest BCUT2D eigenvalue weighted by molar-refractivity contribution is 7.89. The van der Waals surface area contributed by atoms with Crippen LogP contribution in [0.25, 0.3) is 0 Å². The Hall–Kier alpha value is -1.31. The largest absolute Gasteiger partial charge is 0.397 e. The van der Waals surface area contributed by atoms with Crippen molar-refractivity contribution in [3.63, 3.8) is 0 Å². The molecule has 96 valence electrons. The molecule has 0 spiro atoms. The zero-order chi connectivity index (χ0) is 13.2. The van der Waals surface area contributed by atoms with Gasteiger partial charge in [-0.15, -0.1) is 0 Å². The first-order chi connectivity index (χ1) is 7.71. The van der Waals surface area contributed by atoms with Crippen LogP contribution in [0.4, 0.5) is 11.4 Å². The molecule has 0 bridgehead atoms. The first-order valence-electron chi connectivity index (χ1n) is 5.03. The molecule has 5 N–H and O–H groups in total. The Morgan fingerprint density at radius 3 is 2.53 bits per heavy atom. The highest BCUT2D eigenvalue weighted by atomic mass is 32.2. The second-order valence-corrected chi connectivity index (χ2v) is 5.56. The lowest BCUT2D eigenvalue weighted by Crippen LogP contribution is -2.27. The van der Waals surface area contributed by atoms with Gasteiger partial charge in [-0.05, 0) is 25.1 Å². The molecule has 0 amide bonds. The average Bonchev–Trinajstić information content (AvgIpc) is 2.15. The number of primary sulfonamides is 1. The van der Waals surface area contributed by atoms with Gasteiger partial charge in [0.05, 0.1) is 22.4 Å². The maximum atomic E-state index is 11.2. The number of hydrogen-bond acceptors (Lipinski definition) is 5. The van der Waals surface area contributed by atoms with Crippen LogP contribution in [-0.4, -0.2) is 33.2 Å². The van der Waals surface area contributed by atoms with Crippen LogP contribution in [0.15, 0.2) is 23.1 Å². The summed E-state index contributed by atoms with van der Waals surface area (Å²) < 4.78 is 22.4. The summed E-state index contributed by atoms with van der Waals surface area (Å²) in [6.07, 6.45) is -0.544. The zero-order valence-electron chi connectivity index (χ0n) is 9.79. The van der Waals surface area contributed by atoms with E-state index in [9.17, 15) is 13.5 Å². The van der Waals surface area contributed by atoms with Gasteiger partial charge in [-0.2, -0.15) is 0 Å². The van der Waals surface area contributed by atoms with E-state index in [4.69, 9.17) is 10.9 Å². The molecule has 0 radical (unpaired) electrons. The van der Waals surface area contributed by atoms with Crippen LogP contribution < -0.4 is 15.8 Å². The second-order valence-electron chi connectivity index (χ2n) is 4.00. The van der Waals surface area contributed by atoms with Crippen molar-refractivity contribution < 1.29 is 13.5 Å². The minimum atomic E-state index is -3.75. The maximum absolute atomic E-state index is 11.2. The number of aliphatic hydroxyl groups excluding tert-OH is 1. The van der Waals surface area contributed by atoms with E-state index < -0.39 is 16.1 Å². The molecule has 6 nitrogen and oxygen atoms in total. The summed E-state index contributed by atoms with van der Waals surface area (Å²) in [5, 5.41) is 14.3. The van der Waals surface area contributed by atoms with E-state index in [0.29, 0.717) is 17.9 Å². The van der Waals surface area contributed by atoms with Crippen molar-refractivity contribution in [2.45, 2.75) is 17.9 Å². The normalized spacial score (nSPS) is 13.4. The Morgan fingerprint density at radius 2 is 2.06 bits per heavy atom. The molecule has 1 aromatic rings. The number of sulfonamides is 1. The van der Waals surface area contributed by atoms with Crippen LogP contribution in [0.3, 0.4) is 0 Å². The highest BCUT2D eigenvalue weighted by Crippen LogP contribution is 2.25. The smallest absolute Gasteiger partial charge is 0.238 e. The number of likely N-dealkylation sites (N-methyl/N-ethyl adjacent to an activating group) is 1. The van der Waals surface area contributed by atoms with E-state index in [1.54, 1.807) is 18.9 Å². The van der Waals surface area contributed by atoms with Gasteiger partial charge in [-0.1, -0.05) is 0 Å². The van der Waals surface area contributed by atoms with E-state index >= 15 is 0 Å². The predicted molar refractivity (Wildman–Crippen MR) is 67.2 cm³/mol. The van der Waals surface area contributed by atoms with Crippen LogP contribution in [0.5, 0.6) is 0 Å². The fraction of sp³-hybridized carbons (Fsp3) is 0.400. The molecule has 0 aliphatic carbocycles. The second kappa shape index (κ2) is 4.91. The van der Waals surface area contributed by atoms with Crippen molar-refractivity contribution in [2.75, 3.05) is 24.2 Å². The van der Waals surface area contributed by atoms with Crippen molar-refractivity contribution in [3.8, 4) is 0 Å². The quantitative estimate of drug-likeness (QED) is 0.645. The summed E-state index contributed by atoms with van der Waals surface area (Å²) >= 11 is 0. The maximum Gasteiger partial charge on any atom is 0.238 e. The Kier molecular flexibility index (Phi) is 3.97. The average molecular weight is 259 g/mol. The molecule has 1 rings (SSSR count). The molecule has 0 aromatic heterocycles. The van der Waals surface area contributed by atoms with Crippen LogP contribution >= 0.6 is 0 Å². The summed E-state index contributed by atoms with van der Waals surface area (Å²) in [5.74, 6) is 0. The molecule has 17 heavy (non-hydrogen) atoms. The molecule has 1 atom stereocenters. The summed E-state index contributed by atoms with van der Waals surface area (Å²) in [6.45, 7) is 1.98. The monoisotopic (exact) mass is 259 g/mol. The van der Waals surface area contributed by atoms with Gasteiger partial charge in [0.2, 0.25) is 10.0 Å². The van der Waals surface area contributed by atoms with E-state index in [-0.39, 0.29) is 4.90 Å². The summed E-state index contributed by atoms with van der Waals surface area (Å²) in [5.41, 5.74) is 6.71. The third-order valence-electron chi connectivity index (χ3n) is 2.28. The zero-order valence-corrected chi connectivity index (χ0v) is 10.6. The SMILES string of the molecule is CC(O)CN(C)c1cc(S(N)(=O)=O)ccc1N. The first kappa shape index (κ1) is 13.8. The van der Waals surface area contributed by atoms with E-state index in [1.807, 2.05) is 0 Å². The summed E-state index contributed by atoms with van der Waals surface area (Å²) in [6, 6.07) is 4.23. The summed E-state index contributed by atoms with van der Waals surface area (Å²) in [4.78, 5) is 1.67. The Balaban J connectivity index is 3.15. The van der Waals surface area contributed by atoms with Crippen molar-refractivity contribution in [1.82, 2.24) is 0 Å². The van der Waals surface area contributed by atoms with Gasteiger partial charge in [0, 0.05) is 13.6 Å². The van der Waals surface area contributed by atoms with Crippen molar-refractivity contribution in [3.05, 3.63) is 18.2 Å². The Bertz CT molecular complexity index is 500. The summed E-state index contributed by atoms with van der Waals surface area (Å²) in [7, 11) is -2.04. The molecule has 0 saturated heterocycles. The van der Waals surface area contributed by atoms with Gasteiger partial charge in [-0.3, -0.25) is 0 Å². The van der Waals surface area contributed by atoms with Crippen molar-refractivity contribution in [1.29, 1.82) is 0 Å². The highest BCUT2D eigenvalue weighted by Gasteiger charge is 2.13. The van der Waals surface area contributed by atoms with Crippen LogP contribution in [0, 0.1) is 0 Å². The van der Waals surface area contributed by atoms with Gasteiger partial charge in [0.25, 0.3) is 0 Å². The molecular formula is C10H17N3O3S. The number of nitrogen functional groups attached to an aromatic ring is 1. The molecule has 1 aromatic carbocycles. The Morgan fingerprint density at radius 1 is 1.47 bits per heavy atom. The molecule has 0 saturated carbocycles. The number of nitrogens with two attached hydrogens (primary N) is 2. The number of hydrogen-bond donors (Lipinski definition) is 3. The Labute approximate surface area is 101 Å². The molecule has 0 heterocycles. The number of anilines is 2. The molecular weight excluding hydrogens is 242 g/mol. The fourth-order valence-electron chi connectivity index (χ4n) is 1.53. The van der Waals surface area contributed by atoms with Crippen LogP contribution in [0.2, 0.25) is 0 Å². The van der Waals surface area contributed by atoms with E-state index in [1.165, 1.54) is 18.2 Å². The van der Waals surface area contributed by atoms with Gasteiger partial charge in [0.15, 0.2) is 0 Å². The standard InChI is InChI=1S/C10H17N3O3S/c1-7(14)6-13(2)10-5-8(17(12,15)16)3-4-9(10)11/h3-5,7,14H,6,11H2,1-2H3,(H2,12,15,16). The van der Waals surface area contributed by atoms with Gasteiger partial charge in [-0.25, -0.2) is 13.6 Å². The third-order valence-corrected chi connectivity index (χ3v) is 3.19. The number of nitrogens with zero attached hydrogens (tertiary/aromatic N) is 1. The van der Waals surface area contributed by atoms with Crippen molar-refractivity contribution >= 4 is 21.4 Å². The lowest BCUT2D eigenvalue weighted by Gasteiger charge is -2.22. The van der Waals surface area contributed by atoms with Gasteiger partial charge in [0.1, 0.15) is 0 Å². The molecule has 0 aliphatic rings. The topological polar surface area (TPSA) is 110 Å². The fourth-order valence-corrected chi connectivity index (χ4v) is 2.06. The van der Waals surface area contributed by atoms with Crippen LogP contribution in [-0.2, 0) is 10.0 Å². The van der Waals surface area contributed by atoms with E-state index in [2.05, 4.69) is 0 Å². The van der Waals surface area contributed by atoms with Gasteiger partial charge < -0.3 is 15.7 Å². The number of benzene rings is 1. The lowest BCUT2D eigenvalue weighted by atomic mass is 10.2.